The summed E-state index contributed by atoms with van der Waals surface area (Å²) in [5.74, 6) is 0. The second-order valence-electron chi connectivity index (χ2n) is 4.62. The molecular formula is C15H18N2O2S. The van der Waals surface area contributed by atoms with Crippen molar-refractivity contribution < 1.29 is 8.42 Å². The van der Waals surface area contributed by atoms with Crippen LogP contribution in [0.25, 0.3) is 0 Å². The van der Waals surface area contributed by atoms with Crippen LogP contribution in [0.15, 0.2) is 60.7 Å². The van der Waals surface area contributed by atoms with Gasteiger partial charge in [0.05, 0.1) is 12.2 Å². The summed E-state index contributed by atoms with van der Waals surface area (Å²) >= 11 is 0. The molecule has 0 aliphatic carbocycles. The lowest BCUT2D eigenvalue weighted by Crippen LogP contribution is -2.39. The van der Waals surface area contributed by atoms with E-state index in [9.17, 15) is 8.42 Å². The van der Waals surface area contributed by atoms with Crippen LogP contribution in [0.2, 0.25) is 0 Å². The summed E-state index contributed by atoms with van der Waals surface area (Å²) in [7, 11) is -0.448. The Labute approximate surface area is 120 Å². The summed E-state index contributed by atoms with van der Waals surface area (Å²) in [6.45, 7) is 0.311. The summed E-state index contributed by atoms with van der Waals surface area (Å²) in [5, 5.41) is 0. The van der Waals surface area contributed by atoms with Crippen molar-refractivity contribution in [3.63, 3.8) is 0 Å². The highest BCUT2D eigenvalue weighted by Gasteiger charge is 2.24. The average Bonchev–Trinajstić information content (AvgIpc) is 2.46. The Morgan fingerprint density at radius 3 is 1.85 bits per heavy atom. The van der Waals surface area contributed by atoms with Crippen molar-refractivity contribution in [3.05, 3.63) is 66.2 Å². The monoisotopic (exact) mass is 290 g/mol. The Kier molecular flexibility index (Phi) is 4.42. The summed E-state index contributed by atoms with van der Waals surface area (Å²) in [4.78, 5) is 0. The maximum Gasteiger partial charge on any atom is 0.303 e. The molecule has 5 heteroatoms. The van der Waals surface area contributed by atoms with Crippen LogP contribution in [-0.2, 0) is 16.8 Å². The number of anilines is 1. The van der Waals surface area contributed by atoms with Gasteiger partial charge in [0.15, 0.2) is 0 Å². The standard InChI is InChI=1S/C15H18N2O2S/c1-16(2)20(18,19)17(15-11-7-4-8-12-15)13-14-9-5-3-6-10-14/h3-12H,13H2,1-2H3. The summed E-state index contributed by atoms with van der Waals surface area (Å²) in [6, 6.07) is 18.7. The van der Waals surface area contributed by atoms with Gasteiger partial charge < -0.3 is 0 Å². The average molecular weight is 290 g/mol. The predicted molar refractivity (Wildman–Crippen MR) is 81.7 cm³/mol. The predicted octanol–water partition coefficient (Wildman–Crippen LogP) is 2.50. The number of rotatable bonds is 5. The first-order valence-electron chi connectivity index (χ1n) is 6.31. The highest BCUT2D eigenvalue weighted by molar-refractivity contribution is 7.90. The zero-order valence-electron chi connectivity index (χ0n) is 11.6. The maximum absolute atomic E-state index is 12.5. The highest BCUT2D eigenvalue weighted by Crippen LogP contribution is 2.21. The Morgan fingerprint density at radius 2 is 1.35 bits per heavy atom. The summed E-state index contributed by atoms with van der Waals surface area (Å²) in [6.07, 6.45) is 0. The van der Waals surface area contributed by atoms with Crippen LogP contribution >= 0.6 is 0 Å². The van der Waals surface area contributed by atoms with Crippen molar-refractivity contribution in [1.82, 2.24) is 4.31 Å². The molecule has 0 N–H and O–H groups in total. The Bertz CT molecular complexity index is 640. The summed E-state index contributed by atoms with van der Waals surface area (Å²) in [5.41, 5.74) is 1.60. The number of nitrogens with zero attached hydrogens (tertiary/aromatic N) is 2. The quantitative estimate of drug-likeness (QED) is 0.849. The molecule has 2 rings (SSSR count). The topological polar surface area (TPSA) is 40.6 Å². The first kappa shape index (κ1) is 14.6. The molecule has 0 fully saturated rings. The molecule has 0 aliphatic heterocycles. The lowest BCUT2D eigenvalue weighted by atomic mass is 10.2. The Hall–Kier alpha value is -1.85. The lowest BCUT2D eigenvalue weighted by molar-refractivity contribution is 0.515. The number of hydrogen-bond donors (Lipinski definition) is 0. The van der Waals surface area contributed by atoms with Crippen LogP contribution in [-0.4, -0.2) is 26.8 Å². The van der Waals surface area contributed by atoms with Gasteiger partial charge in [-0.05, 0) is 17.7 Å². The van der Waals surface area contributed by atoms with E-state index < -0.39 is 10.2 Å². The first-order chi connectivity index (χ1) is 9.51. The summed E-state index contributed by atoms with van der Waals surface area (Å²) < 4.78 is 27.6. The van der Waals surface area contributed by atoms with Crippen molar-refractivity contribution in [1.29, 1.82) is 0 Å². The van der Waals surface area contributed by atoms with E-state index in [1.807, 2.05) is 48.5 Å². The highest BCUT2D eigenvalue weighted by atomic mass is 32.2. The van der Waals surface area contributed by atoms with E-state index in [0.29, 0.717) is 12.2 Å². The van der Waals surface area contributed by atoms with Crippen molar-refractivity contribution >= 4 is 15.9 Å². The van der Waals surface area contributed by atoms with Gasteiger partial charge in [-0.2, -0.15) is 12.7 Å². The van der Waals surface area contributed by atoms with E-state index in [2.05, 4.69) is 0 Å². The van der Waals surface area contributed by atoms with Crippen LogP contribution in [0.4, 0.5) is 5.69 Å². The molecule has 0 aliphatic rings. The molecule has 2 aromatic rings. The van der Waals surface area contributed by atoms with Crippen LogP contribution < -0.4 is 4.31 Å². The van der Waals surface area contributed by atoms with Crippen molar-refractivity contribution in [3.8, 4) is 0 Å². The molecule has 0 radical (unpaired) electrons. The molecule has 0 heterocycles. The van der Waals surface area contributed by atoms with Gasteiger partial charge >= 0.3 is 10.2 Å². The van der Waals surface area contributed by atoms with Gasteiger partial charge in [0, 0.05) is 14.1 Å². The fourth-order valence-corrected chi connectivity index (χ4v) is 2.94. The smallest absolute Gasteiger partial charge is 0.253 e. The van der Waals surface area contributed by atoms with Gasteiger partial charge in [0.2, 0.25) is 0 Å². The molecule has 20 heavy (non-hydrogen) atoms. The molecule has 106 valence electrons. The van der Waals surface area contributed by atoms with Gasteiger partial charge in [-0.3, -0.25) is 4.31 Å². The minimum Gasteiger partial charge on any atom is -0.253 e. The van der Waals surface area contributed by atoms with E-state index in [4.69, 9.17) is 0 Å². The van der Waals surface area contributed by atoms with Crippen LogP contribution in [0.1, 0.15) is 5.56 Å². The molecule has 0 spiro atoms. The molecule has 2 aromatic carbocycles. The fourth-order valence-electron chi connectivity index (χ4n) is 1.85. The van der Waals surface area contributed by atoms with E-state index in [1.54, 1.807) is 12.1 Å². The van der Waals surface area contributed by atoms with Gasteiger partial charge in [0.25, 0.3) is 0 Å². The van der Waals surface area contributed by atoms with Crippen LogP contribution in [0.3, 0.4) is 0 Å². The SMILES string of the molecule is CN(C)S(=O)(=O)N(Cc1ccccc1)c1ccccc1. The van der Waals surface area contributed by atoms with E-state index >= 15 is 0 Å². The molecule has 0 atom stereocenters. The molecule has 0 saturated carbocycles. The number of para-hydroxylation sites is 1. The number of hydrogen-bond acceptors (Lipinski definition) is 2. The zero-order chi connectivity index (χ0) is 14.6. The third kappa shape index (κ3) is 3.18. The van der Waals surface area contributed by atoms with E-state index in [0.717, 1.165) is 5.56 Å². The largest absolute Gasteiger partial charge is 0.303 e. The fraction of sp³-hybridized carbons (Fsp3) is 0.200. The first-order valence-corrected chi connectivity index (χ1v) is 7.70. The molecule has 0 unspecified atom stereocenters. The van der Waals surface area contributed by atoms with E-state index in [-0.39, 0.29) is 0 Å². The molecular weight excluding hydrogens is 272 g/mol. The van der Waals surface area contributed by atoms with Crippen LogP contribution in [0.5, 0.6) is 0 Å². The van der Waals surface area contributed by atoms with E-state index in [1.165, 1.54) is 22.7 Å². The van der Waals surface area contributed by atoms with Crippen molar-refractivity contribution in [2.45, 2.75) is 6.54 Å². The van der Waals surface area contributed by atoms with Crippen LogP contribution in [0, 0.1) is 0 Å². The van der Waals surface area contributed by atoms with Crippen molar-refractivity contribution in [2.24, 2.45) is 0 Å². The third-order valence-corrected chi connectivity index (χ3v) is 4.77. The normalized spacial score (nSPS) is 11.6. The molecule has 0 bridgehead atoms. The second kappa shape index (κ2) is 6.07. The molecule has 0 amide bonds. The lowest BCUT2D eigenvalue weighted by Gasteiger charge is -2.27. The van der Waals surface area contributed by atoms with Gasteiger partial charge in [-0.25, -0.2) is 0 Å². The number of benzene rings is 2. The maximum atomic E-state index is 12.5. The minimum absolute atomic E-state index is 0.311. The second-order valence-corrected chi connectivity index (χ2v) is 6.68. The van der Waals surface area contributed by atoms with Gasteiger partial charge in [-0.15, -0.1) is 0 Å². The van der Waals surface area contributed by atoms with Crippen molar-refractivity contribution in [2.75, 3.05) is 18.4 Å². The minimum atomic E-state index is -3.52. The Morgan fingerprint density at radius 1 is 0.850 bits per heavy atom. The molecule has 4 nitrogen and oxygen atoms in total. The van der Waals surface area contributed by atoms with Gasteiger partial charge in [0.1, 0.15) is 0 Å². The Balaban J connectivity index is 2.41. The van der Waals surface area contributed by atoms with Gasteiger partial charge in [-0.1, -0.05) is 48.5 Å². The molecule has 0 saturated heterocycles. The molecule has 0 aromatic heterocycles. The zero-order valence-corrected chi connectivity index (χ0v) is 12.4. The third-order valence-electron chi connectivity index (χ3n) is 2.95.